The summed E-state index contributed by atoms with van der Waals surface area (Å²) < 4.78 is 0. The quantitative estimate of drug-likeness (QED) is 0.621. The Morgan fingerprint density at radius 3 is 2.26 bits per heavy atom. The lowest BCUT2D eigenvalue weighted by atomic mass is 9.86. The number of nitro groups is 1. The molecule has 1 atom stereocenters. The summed E-state index contributed by atoms with van der Waals surface area (Å²) in [4.78, 5) is 34.0. The molecule has 0 aliphatic carbocycles. The largest absolute Gasteiger partial charge is 0.550 e. The highest BCUT2D eigenvalue weighted by atomic mass is 16.6. The smallest absolute Gasteiger partial charge is 0.269 e. The van der Waals surface area contributed by atoms with Crippen LogP contribution in [0, 0.1) is 10.1 Å². The molecular formula is C20H21N2O5-. The fraction of sp³-hybridized carbons (Fsp3) is 0.300. The first-order valence-corrected chi connectivity index (χ1v) is 8.43. The van der Waals surface area contributed by atoms with Gasteiger partial charge in [-0.2, -0.15) is 0 Å². The van der Waals surface area contributed by atoms with Gasteiger partial charge >= 0.3 is 0 Å². The van der Waals surface area contributed by atoms with Crippen molar-refractivity contribution in [1.82, 2.24) is 5.32 Å². The molecule has 0 radical (unpaired) electrons. The SMILES string of the molecule is CC(C)(C)c1ccc(C(=O)N[C@@H](CC(=O)[O-])c2cccc([N+](=O)[O-])c2)cc1. The van der Waals surface area contributed by atoms with Gasteiger partial charge < -0.3 is 15.2 Å². The molecule has 0 bridgehead atoms. The van der Waals surface area contributed by atoms with E-state index in [4.69, 9.17) is 0 Å². The molecule has 2 rings (SSSR count). The summed E-state index contributed by atoms with van der Waals surface area (Å²) in [6, 6.07) is 11.6. The zero-order chi connectivity index (χ0) is 20.2. The van der Waals surface area contributed by atoms with Gasteiger partial charge in [-0.3, -0.25) is 14.9 Å². The first-order valence-electron chi connectivity index (χ1n) is 8.43. The molecule has 0 saturated heterocycles. The summed E-state index contributed by atoms with van der Waals surface area (Å²) in [7, 11) is 0. The van der Waals surface area contributed by atoms with Crippen LogP contribution in [0.25, 0.3) is 0 Å². The van der Waals surface area contributed by atoms with Crippen molar-refractivity contribution in [2.75, 3.05) is 0 Å². The zero-order valence-corrected chi connectivity index (χ0v) is 15.4. The minimum absolute atomic E-state index is 0.0600. The number of carboxylic acids is 1. The number of aliphatic carboxylic acids is 1. The molecule has 0 spiro atoms. The molecule has 1 amide bonds. The van der Waals surface area contributed by atoms with Gasteiger partial charge in [-0.15, -0.1) is 0 Å². The number of non-ortho nitro benzene ring substituents is 1. The summed E-state index contributed by atoms with van der Waals surface area (Å²) in [6.07, 6.45) is -0.493. The maximum Gasteiger partial charge on any atom is 0.269 e. The van der Waals surface area contributed by atoms with E-state index in [-0.39, 0.29) is 11.1 Å². The van der Waals surface area contributed by atoms with Crippen LogP contribution in [0.3, 0.4) is 0 Å². The maximum absolute atomic E-state index is 12.5. The van der Waals surface area contributed by atoms with Gasteiger partial charge in [0, 0.05) is 30.1 Å². The number of hydrogen-bond donors (Lipinski definition) is 1. The van der Waals surface area contributed by atoms with Crippen LogP contribution in [-0.4, -0.2) is 16.8 Å². The number of nitrogens with one attached hydrogen (secondary N) is 1. The Bertz CT molecular complexity index is 853. The van der Waals surface area contributed by atoms with Gasteiger partial charge in [0.05, 0.1) is 11.0 Å². The van der Waals surface area contributed by atoms with Crippen LogP contribution >= 0.6 is 0 Å². The Hall–Kier alpha value is -3.22. The van der Waals surface area contributed by atoms with Gasteiger partial charge in [-0.05, 0) is 28.7 Å². The van der Waals surface area contributed by atoms with E-state index < -0.39 is 29.3 Å². The third-order valence-corrected chi connectivity index (χ3v) is 4.17. The first-order chi connectivity index (χ1) is 12.6. The van der Waals surface area contributed by atoms with Gasteiger partial charge in [0.2, 0.25) is 0 Å². The summed E-state index contributed by atoms with van der Waals surface area (Å²) in [5.41, 5.74) is 1.52. The Labute approximate surface area is 157 Å². The van der Waals surface area contributed by atoms with Crippen LogP contribution in [0.2, 0.25) is 0 Å². The molecule has 0 heterocycles. The second-order valence-corrected chi connectivity index (χ2v) is 7.28. The molecule has 1 N–H and O–H groups in total. The van der Waals surface area contributed by atoms with Crippen molar-refractivity contribution in [2.24, 2.45) is 0 Å². The van der Waals surface area contributed by atoms with Gasteiger partial charge in [0.1, 0.15) is 0 Å². The molecule has 0 saturated carbocycles. The lowest BCUT2D eigenvalue weighted by Crippen LogP contribution is -2.34. The number of benzene rings is 2. The third kappa shape index (κ3) is 5.37. The zero-order valence-electron chi connectivity index (χ0n) is 15.4. The Kier molecular flexibility index (Phi) is 5.95. The van der Waals surface area contributed by atoms with E-state index in [1.807, 2.05) is 12.1 Å². The molecule has 0 aliphatic heterocycles. The van der Waals surface area contributed by atoms with Crippen molar-refractivity contribution in [3.05, 3.63) is 75.3 Å². The van der Waals surface area contributed by atoms with E-state index in [0.717, 1.165) is 5.56 Å². The van der Waals surface area contributed by atoms with Crippen molar-refractivity contribution >= 4 is 17.6 Å². The average molecular weight is 369 g/mol. The number of carbonyl (C=O) groups is 2. The lowest BCUT2D eigenvalue weighted by molar-refractivity contribution is -0.385. The van der Waals surface area contributed by atoms with Crippen molar-refractivity contribution in [3.63, 3.8) is 0 Å². The Balaban J connectivity index is 2.25. The molecule has 27 heavy (non-hydrogen) atoms. The average Bonchev–Trinajstić information content (AvgIpc) is 2.60. The third-order valence-electron chi connectivity index (χ3n) is 4.17. The lowest BCUT2D eigenvalue weighted by Gasteiger charge is -2.21. The standard InChI is InChI=1S/C20H22N2O5/c1-20(2,3)15-9-7-13(8-10-15)19(25)21-17(12-18(23)24)14-5-4-6-16(11-14)22(26)27/h4-11,17H,12H2,1-3H3,(H,21,25)(H,23,24)/p-1/t17-/m0/s1. The Morgan fingerprint density at radius 2 is 1.74 bits per heavy atom. The molecular weight excluding hydrogens is 348 g/mol. The molecule has 7 nitrogen and oxygen atoms in total. The second kappa shape index (κ2) is 7.99. The molecule has 0 unspecified atom stereocenters. The van der Waals surface area contributed by atoms with Crippen molar-refractivity contribution in [1.29, 1.82) is 0 Å². The van der Waals surface area contributed by atoms with Crippen LogP contribution in [0.15, 0.2) is 48.5 Å². The van der Waals surface area contributed by atoms with Crippen molar-refractivity contribution in [3.8, 4) is 0 Å². The molecule has 2 aromatic carbocycles. The van der Waals surface area contributed by atoms with E-state index in [0.29, 0.717) is 11.1 Å². The van der Waals surface area contributed by atoms with Gasteiger partial charge in [0.25, 0.3) is 11.6 Å². The highest BCUT2D eigenvalue weighted by molar-refractivity contribution is 5.94. The van der Waals surface area contributed by atoms with Gasteiger partial charge in [-0.25, -0.2) is 0 Å². The highest BCUT2D eigenvalue weighted by Gasteiger charge is 2.19. The van der Waals surface area contributed by atoms with E-state index in [9.17, 15) is 24.8 Å². The van der Waals surface area contributed by atoms with Crippen LogP contribution in [0.1, 0.15) is 54.7 Å². The number of carbonyl (C=O) groups excluding carboxylic acids is 2. The minimum Gasteiger partial charge on any atom is -0.550 e. The summed E-state index contributed by atoms with van der Waals surface area (Å²) in [5.74, 6) is -1.83. The number of nitrogens with zero attached hydrogens (tertiary/aromatic N) is 1. The van der Waals surface area contributed by atoms with E-state index in [2.05, 4.69) is 26.1 Å². The van der Waals surface area contributed by atoms with Crippen LogP contribution < -0.4 is 10.4 Å². The number of hydrogen-bond acceptors (Lipinski definition) is 5. The molecule has 142 valence electrons. The second-order valence-electron chi connectivity index (χ2n) is 7.28. The predicted octanol–water partition coefficient (Wildman–Crippen LogP) is 2.50. The van der Waals surface area contributed by atoms with Crippen LogP contribution in [0.4, 0.5) is 5.69 Å². The predicted molar refractivity (Wildman–Crippen MR) is 98.1 cm³/mol. The molecule has 0 aromatic heterocycles. The van der Waals surface area contributed by atoms with Crippen LogP contribution in [0.5, 0.6) is 0 Å². The topological polar surface area (TPSA) is 112 Å². The summed E-state index contributed by atoms with van der Waals surface area (Å²) in [6.45, 7) is 6.17. The van der Waals surface area contributed by atoms with E-state index >= 15 is 0 Å². The fourth-order valence-electron chi connectivity index (χ4n) is 2.64. The van der Waals surface area contributed by atoms with Gasteiger partial charge in [0.15, 0.2) is 0 Å². The van der Waals surface area contributed by atoms with Crippen LogP contribution in [-0.2, 0) is 10.2 Å². The monoisotopic (exact) mass is 369 g/mol. The number of amides is 1. The van der Waals surface area contributed by atoms with Crippen molar-refractivity contribution in [2.45, 2.75) is 38.6 Å². The minimum atomic E-state index is -1.37. The molecule has 2 aromatic rings. The number of rotatable bonds is 6. The normalized spacial score (nSPS) is 12.3. The first kappa shape index (κ1) is 20.1. The molecule has 7 heteroatoms. The van der Waals surface area contributed by atoms with E-state index in [1.54, 1.807) is 12.1 Å². The summed E-state index contributed by atoms with van der Waals surface area (Å²) >= 11 is 0. The van der Waals surface area contributed by atoms with Gasteiger partial charge in [-0.1, -0.05) is 45.0 Å². The summed E-state index contributed by atoms with van der Waals surface area (Å²) in [5, 5.41) is 24.6. The number of carboxylic acid groups (broad SMARTS) is 1. The molecule has 0 fully saturated rings. The van der Waals surface area contributed by atoms with E-state index in [1.165, 1.54) is 24.3 Å². The van der Waals surface area contributed by atoms with Crippen molar-refractivity contribution < 1.29 is 19.6 Å². The number of nitro benzene ring substituents is 1. The molecule has 0 aliphatic rings. The highest BCUT2D eigenvalue weighted by Crippen LogP contribution is 2.24. The fourth-order valence-corrected chi connectivity index (χ4v) is 2.64. The maximum atomic E-state index is 12.5. The Morgan fingerprint density at radius 1 is 1.11 bits per heavy atom.